The van der Waals surface area contributed by atoms with Gasteiger partial charge in [0.2, 0.25) is 0 Å². The predicted molar refractivity (Wildman–Crippen MR) is 66.4 cm³/mol. The Kier molecular flexibility index (Phi) is 3.94. The molecule has 0 bridgehead atoms. The molecule has 112 valence electrons. The van der Waals surface area contributed by atoms with E-state index in [0.717, 1.165) is 0 Å². The molecule has 0 aromatic carbocycles. The fourth-order valence-corrected chi connectivity index (χ4v) is 2.55. The van der Waals surface area contributed by atoms with Crippen molar-refractivity contribution in [3.05, 3.63) is 0 Å². The molecule has 5 unspecified atom stereocenters. The fourth-order valence-electron chi connectivity index (χ4n) is 2.55. The Hall–Kier alpha value is -0.240. The van der Waals surface area contributed by atoms with Crippen molar-refractivity contribution in [3.63, 3.8) is 0 Å². The minimum Gasteiger partial charge on any atom is -0.387 e. The fraction of sp³-hybridized carbons (Fsp3) is 1.00. The van der Waals surface area contributed by atoms with Crippen LogP contribution in [0.15, 0.2) is 0 Å². The molecule has 0 amide bonds. The summed E-state index contributed by atoms with van der Waals surface area (Å²) >= 11 is 0. The number of aliphatic hydroxyl groups excluding tert-OH is 1. The van der Waals surface area contributed by atoms with E-state index in [4.69, 9.17) is 18.9 Å². The van der Waals surface area contributed by atoms with Gasteiger partial charge in [-0.15, -0.1) is 0 Å². The van der Waals surface area contributed by atoms with Crippen molar-refractivity contribution in [2.75, 3.05) is 6.61 Å². The zero-order valence-electron chi connectivity index (χ0n) is 12.1. The monoisotopic (exact) mass is 276 g/mol. The van der Waals surface area contributed by atoms with Crippen LogP contribution in [0.3, 0.4) is 0 Å². The first-order valence-corrected chi connectivity index (χ1v) is 6.64. The molecule has 0 saturated carbocycles. The van der Waals surface area contributed by atoms with Crippen LogP contribution in [0.1, 0.15) is 34.6 Å². The Bertz CT molecular complexity index is 324. The van der Waals surface area contributed by atoms with Crippen molar-refractivity contribution in [1.29, 1.82) is 0 Å². The van der Waals surface area contributed by atoms with Gasteiger partial charge >= 0.3 is 0 Å². The molecular formula is C13H24O6. The van der Waals surface area contributed by atoms with Crippen molar-refractivity contribution in [2.24, 2.45) is 0 Å². The molecule has 2 fully saturated rings. The lowest BCUT2D eigenvalue weighted by Crippen LogP contribution is -2.44. The maximum atomic E-state index is 10.3. The van der Waals surface area contributed by atoms with Crippen LogP contribution in [0.25, 0.3) is 0 Å². The van der Waals surface area contributed by atoms with Gasteiger partial charge in [-0.25, -0.2) is 0 Å². The summed E-state index contributed by atoms with van der Waals surface area (Å²) < 4.78 is 22.4. The maximum Gasteiger partial charge on any atom is 0.163 e. The number of rotatable bonds is 3. The van der Waals surface area contributed by atoms with Crippen LogP contribution in [0.4, 0.5) is 0 Å². The molecule has 0 aliphatic carbocycles. The van der Waals surface area contributed by atoms with Crippen molar-refractivity contribution >= 4 is 0 Å². The predicted octanol–water partition coefficient (Wildman–Crippen LogP) is 0.400. The van der Waals surface area contributed by atoms with Crippen LogP contribution < -0.4 is 0 Å². The SMILES string of the molecule is CC1OC(C2COC(C)(C)O2)C(O)C1OC(C)(C)O. The lowest BCUT2D eigenvalue weighted by molar-refractivity contribution is -0.225. The van der Waals surface area contributed by atoms with Crippen LogP contribution in [0, 0.1) is 0 Å². The second-order valence-electron chi connectivity index (χ2n) is 6.19. The summed E-state index contributed by atoms with van der Waals surface area (Å²) in [5.41, 5.74) is 0. The highest BCUT2D eigenvalue weighted by molar-refractivity contribution is 4.96. The Labute approximate surface area is 113 Å². The van der Waals surface area contributed by atoms with Crippen molar-refractivity contribution in [2.45, 2.75) is 76.7 Å². The number of hydrogen-bond acceptors (Lipinski definition) is 6. The van der Waals surface area contributed by atoms with Gasteiger partial charge in [0.15, 0.2) is 11.6 Å². The summed E-state index contributed by atoms with van der Waals surface area (Å²) in [6, 6.07) is 0. The minimum atomic E-state index is -1.32. The first-order chi connectivity index (χ1) is 8.59. The second kappa shape index (κ2) is 4.95. The van der Waals surface area contributed by atoms with E-state index in [0.29, 0.717) is 6.61 Å². The highest BCUT2D eigenvalue weighted by atomic mass is 16.8. The van der Waals surface area contributed by atoms with Gasteiger partial charge in [0.05, 0.1) is 12.7 Å². The molecule has 2 rings (SSSR count). The molecule has 0 aromatic rings. The summed E-state index contributed by atoms with van der Waals surface area (Å²) in [5, 5.41) is 20.0. The minimum absolute atomic E-state index is 0.321. The average Bonchev–Trinajstić information content (AvgIpc) is 2.71. The largest absolute Gasteiger partial charge is 0.387 e. The van der Waals surface area contributed by atoms with E-state index in [1.807, 2.05) is 13.8 Å². The average molecular weight is 276 g/mol. The Morgan fingerprint density at radius 3 is 2.42 bits per heavy atom. The van der Waals surface area contributed by atoms with E-state index in [9.17, 15) is 10.2 Å². The quantitative estimate of drug-likeness (QED) is 0.727. The molecule has 0 spiro atoms. The molecule has 6 heteroatoms. The maximum absolute atomic E-state index is 10.3. The molecule has 6 nitrogen and oxygen atoms in total. The summed E-state index contributed by atoms with van der Waals surface area (Å²) in [7, 11) is 0. The van der Waals surface area contributed by atoms with Crippen LogP contribution >= 0.6 is 0 Å². The molecule has 0 aromatic heterocycles. The number of hydrogen-bond donors (Lipinski definition) is 2. The summed E-state index contributed by atoms with van der Waals surface area (Å²) in [4.78, 5) is 0. The van der Waals surface area contributed by atoms with Gasteiger partial charge in [0.1, 0.15) is 24.4 Å². The molecule has 0 radical (unpaired) electrons. The Morgan fingerprint density at radius 2 is 1.95 bits per heavy atom. The van der Waals surface area contributed by atoms with Gasteiger partial charge in [-0.2, -0.15) is 0 Å². The summed E-state index contributed by atoms with van der Waals surface area (Å²) in [5.74, 6) is -1.98. The normalized spacial score (nSPS) is 42.8. The molecule has 2 aliphatic rings. The van der Waals surface area contributed by atoms with E-state index in [-0.39, 0.29) is 12.2 Å². The van der Waals surface area contributed by atoms with Gasteiger partial charge in [-0.3, -0.25) is 0 Å². The third kappa shape index (κ3) is 3.45. The van der Waals surface area contributed by atoms with E-state index >= 15 is 0 Å². The van der Waals surface area contributed by atoms with Gasteiger partial charge in [0, 0.05) is 0 Å². The van der Waals surface area contributed by atoms with Crippen molar-refractivity contribution in [3.8, 4) is 0 Å². The topological polar surface area (TPSA) is 77.4 Å². The van der Waals surface area contributed by atoms with E-state index in [2.05, 4.69) is 0 Å². The van der Waals surface area contributed by atoms with Gasteiger partial charge in [0.25, 0.3) is 0 Å². The lowest BCUT2D eigenvalue weighted by atomic mass is 10.0. The zero-order chi connectivity index (χ0) is 14.4. The van der Waals surface area contributed by atoms with Gasteiger partial charge in [-0.1, -0.05) is 0 Å². The van der Waals surface area contributed by atoms with Crippen LogP contribution in [-0.2, 0) is 18.9 Å². The van der Waals surface area contributed by atoms with E-state index in [1.54, 1.807) is 6.92 Å². The van der Waals surface area contributed by atoms with Crippen molar-refractivity contribution < 1.29 is 29.2 Å². The molecule has 2 aliphatic heterocycles. The standard InChI is InChI=1S/C13H24O6/c1-7-10(19-12(2,3)15)9(14)11(17-7)8-6-16-13(4,5)18-8/h7-11,14-15H,6H2,1-5H3. The summed E-state index contributed by atoms with van der Waals surface area (Å²) in [6.07, 6.45) is -2.60. The van der Waals surface area contributed by atoms with Crippen LogP contribution in [-0.4, -0.2) is 58.9 Å². The van der Waals surface area contributed by atoms with Gasteiger partial charge < -0.3 is 29.2 Å². The van der Waals surface area contributed by atoms with Gasteiger partial charge in [-0.05, 0) is 34.6 Å². The number of aliphatic hydroxyl groups is 2. The lowest BCUT2D eigenvalue weighted by Gasteiger charge is -2.27. The Balaban J connectivity index is 2.02. The van der Waals surface area contributed by atoms with Crippen LogP contribution in [0.5, 0.6) is 0 Å². The third-order valence-electron chi connectivity index (χ3n) is 3.33. The Morgan fingerprint density at radius 1 is 1.32 bits per heavy atom. The molecule has 5 atom stereocenters. The molecule has 19 heavy (non-hydrogen) atoms. The smallest absolute Gasteiger partial charge is 0.163 e. The first kappa shape index (κ1) is 15.2. The summed E-state index contributed by atoms with van der Waals surface area (Å²) in [6.45, 7) is 8.87. The van der Waals surface area contributed by atoms with Crippen molar-refractivity contribution in [1.82, 2.24) is 0 Å². The highest BCUT2D eigenvalue weighted by Crippen LogP contribution is 2.34. The molecule has 2 N–H and O–H groups in total. The molecular weight excluding hydrogens is 252 g/mol. The first-order valence-electron chi connectivity index (χ1n) is 6.64. The third-order valence-corrected chi connectivity index (χ3v) is 3.33. The van der Waals surface area contributed by atoms with E-state index < -0.39 is 29.9 Å². The van der Waals surface area contributed by atoms with E-state index in [1.165, 1.54) is 13.8 Å². The highest BCUT2D eigenvalue weighted by Gasteiger charge is 2.51. The molecule has 2 heterocycles. The second-order valence-corrected chi connectivity index (χ2v) is 6.19. The number of ether oxygens (including phenoxy) is 4. The molecule has 2 saturated heterocycles. The van der Waals surface area contributed by atoms with Crippen LogP contribution in [0.2, 0.25) is 0 Å². The zero-order valence-corrected chi connectivity index (χ0v) is 12.1.